The van der Waals surface area contributed by atoms with Crippen LogP contribution < -0.4 is 14.8 Å². The van der Waals surface area contributed by atoms with Crippen molar-refractivity contribution in [3.05, 3.63) is 77.1 Å². The van der Waals surface area contributed by atoms with E-state index in [1.54, 1.807) is 37.7 Å². The molecule has 5 rings (SSSR count). The number of aliphatic hydroxyl groups is 1. The first-order valence-electron chi connectivity index (χ1n) is 11.7. The zero-order valence-electron chi connectivity index (χ0n) is 19.7. The highest BCUT2D eigenvalue weighted by Gasteiger charge is 2.26. The number of nitrogens with zero attached hydrogens (tertiary/aromatic N) is 1. The molecule has 0 amide bonds. The van der Waals surface area contributed by atoms with Crippen LogP contribution in [0.1, 0.15) is 28.8 Å². The van der Waals surface area contributed by atoms with Crippen LogP contribution in [0.2, 0.25) is 5.02 Å². The monoisotopic (exact) mass is 507 g/mol. The molecule has 2 aromatic heterocycles. The van der Waals surface area contributed by atoms with Crippen molar-refractivity contribution in [2.24, 2.45) is 0 Å². The summed E-state index contributed by atoms with van der Waals surface area (Å²) < 4.78 is 17.1. The highest BCUT2D eigenvalue weighted by molar-refractivity contribution is 6.36. The molecule has 0 saturated carbocycles. The Hall–Kier alpha value is -3.59. The van der Waals surface area contributed by atoms with E-state index < -0.39 is 0 Å². The molecule has 3 heterocycles. The fraction of sp³-hybridized carbons (Fsp3) is 0.259. The molecule has 186 valence electrons. The number of aromatic nitrogens is 2. The lowest BCUT2D eigenvalue weighted by molar-refractivity contribution is -0.0223. The SMILES string of the molecule is COc1cnc2[nH]cc(C(=O)c3ccc(Oc4ccccc4)cc3Cl)c2c1N[C@@H]1CC[C@@H](CO)OC1. The number of rotatable bonds is 8. The maximum atomic E-state index is 13.6. The van der Waals surface area contributed by atoms with Crippen LogP contribution in [0.15, 0.2) is 60.9 Å². The molecule has 1 saturated heterocycles. The average Bonchev–Trinajstić information content (AvgIpc) is 3.34. The molecule has 9 heteroatoms. The number of halogens is 1. The predicted octanol–water partition coefficient (Wildman–Crippen LogP) is 5.20. The number of anilines is 1. The van der Waals surface area contributed by atoms with E-state index in [0.717, 1.165) is 12.8 Å². The zero-order valence-corrected chi connectivity index (χ0v) is 20.4. The van der Waals surface area contributed by atoms with Crippen LogP contribution in [0.25, 0.3) is 11.0 Å². The molecular formula is C27H26ClN3O5. The number of nitrogens with one attached hydrogen (secondary N) is 2. The minimum absolute atomic E-state index is 0.00193. The first-order valence-corrected chi connectivity index (χ1v) is 12.1. The van der Waals surface area contributed by atoms with Gasteiger partial charge in [0, 0.05) is 23.9 Å². The lowest BCUT2D eigenvalue weighted by atomic mass is 10.0. The topological polar surface area (TPSA) is 106 Å². The van der Waals surface area contributed by atoms with E-state index in [1.807, 2.05) is 30.3 Å². The number of aliphatic hydroxyl groups excluding tert-OH is 1. The average molecular weight is 508 g/mol. The first-order chi connectivity index (χ1) is 17.6. The summed E-state index contributed by atoms with van der Waals surface area (Å²) in [6.07, 6.45) is 4.63. The van der Waals surface area contributed by atoms with Gasteiger partial charge < -0.3 is 29.6 Å². The summed E-state index contributed by atoms with van der Waals surface area (Å²) in [5, 5.41) is 13.7. The van der Waals surface area contributed by atoms with Crippen molar-refractivity contribution < 1.29 is 24.1 Å². The van der Waals surface area contributed by atoms with Gasteiger partial charge in [-0.05, 0) is 37.1 Å². The lowest BCUT2D eigenvalue weighted by Gasteiger charge is -2.29. The van der Waals surface area contributed by atoms with Crippen LogP contribution in [0.5, 0.6) is 17.2 Å². The number of ether oxygens (including phenoxy) is 3. The minimum Gasteiger partial charge on any atom is -0.493 e. The van der Waals surface area contributed by atoms with Gasteiger partial charge in [-0.15, -0.1) is 0 Å². The normalized spacial score (nSPS) is 17.6. The smallest absolute Gasteiger partial charge is 0.196 e. The van der Waals surface area contributed by atoms with E-state index in [0.29, 0.717) is 51.7 Å². The largest absolute Gasteiger partial charge is 0.493 e. The number of H-pyrrole nitrogens is 1. The second-order valence-electron chi connectivity index (χ2n) is 8.57. The highest BCUT2D eigenvalue weighted by Crippen LogP contribution is 2.37. The highest BCUT2D eigenvalue weighted by atomic mass is 35.5. The quantitative estimate of drug-likeness (QED) is 0.281. The van der Waals surface area contributed by atoms with Crippen molar-refractivity contribution >= 4 is 34.1 Å². The maximum Gasteiger partial charge on any atom is 0.196 e. The molecule has 0 bridgehead atoms. The Balaban J connectivity index is 1.46. The fourth-order valence-corrected chi connectivity index (χ4v) is 4.59. The van der Waals surface area contributed by atoms with E-state index in [9.17, 15) is 9.90 Å². The van der Waals surface area contributed by atoms with Gasteiger partial charge >= 0.3 is 0 Å². The number of aromatic amines is 1. The van der Waals surface area contributed by atoms with Crippen LogP contribution >= 0.6 is 11.6 Å². The third-order valence-electron chi connectivity index (χ3n) is 6.22. The van der Waals surface area contributed by atoms with Crippen molar-refractivity contribution in [1.82, 2.24) is 9.97 Å². The van der Waals surface area contributed by atoms with Crippen molar-refractivity contribution in [3.8, 4) is 17.2 Å². The number of fused-ring (bicyclic) bond motifs is 1. The van der Waals surface area contributed by atoms with Crippen LogP contribution in [-0.4, -0.2) is 53.3 Å². The van der Waals surface area contributed by atoms with E-state index in [2.05, 4.69) is 15.3 Å². The molecule has 2 aromatic carbocycles. The lowest BCUT2D eigenvalue weighted by Crippen LogP contribution is -2.36. The summed E-state index contributed by atoms with van der Waals surface area (Å²) >= 11 is 6.54. The summed E-state index contributed by atoms with van der Waals surface area (Å²) in [5.41, 5.74) is 1.97. The summed E-state index contributed by atoms with van der Waals surface area (Å²) in [6, 6.07) is 14.3. The molecule has 8 nitrogen and oxygen atoms in total. The first kappa shape index (κ1) is 24.1. The van der Waals surface area contributed by atoms with Gasteiger partial charge in [-0.2, -0.15) is 0 Å². The van der Waals surface area contributed by atoms with E-state index in [1.165, 1.54) is 0 Å². The van der Waals surface area contributed by atoms with Crippen LogP contribution in [0.3, 0.4) is 0 Å². The van der Waals surface area contributed by atoms with Crippen molar-refractivity contribution in [3.63, 3.8) is 0 Å². The molecular weight excluding hydrogens is 482 g/mol. The standard InChI is InChI=1S/C27H26ClN3O5/c1-34-23-13-30-27-24(25(23)31-16-7-8-19(14-32)35-15-16)21(12-29-27)26(33)20-10-9-18(11-22(20)28)36-17-5-3-2-4-6-17/h2-6,9-13,16,19,32H,7-8,14-15H2,1H3,(H2,29,30,31)/t16-,19+/m1/s1. The summed E-state index contributed by atoms with van der Waals surface area (Å²) in [4.78, 5) is 21.2. The molecule has 0 unspecified atom stereocenters. The summed E-state index contributed by atoms with van der Waals surface area (Å²) in [6.45, 7) is 0.433. The Morgan fingerprint density at radius 3 is 2.72 bits per heavy atom. The zero-order chi connectivity index (χ0) is 25.1. The summed E-state index contributed by atoms with van der Waals surface area (Å²) in [7, 11) is 1.56. The second-order valence-corrected chi connectivity index (χ2v) is 8.98. The van der Waals surface area contributed by atoms with Gasteiger partial charge in [0.25, 0.3) is 0 Å². The number of para-hydroxylation sites is 1. The Kier molecular flexibility index (Phi) is 7.09. The molecule has 1 fully saturated rings. The van der Waals surface area contributed by atoms with E-state index in [-0.39, 0.29) is 29.6 Å². The number of hydrogen-bond acceptors (Lipinski definition) is 7. The molecule has 1 aliphatic heterocycles. The molecule has 1 aliphatic rings. The minimum atomic E-state index is -0.254. The predicted molar refractivity (Wildman–Crippen MR) is 138 cm³/mol. The number of methoxy groups -OCH3 is 1. The molecule has 3 N–H and O–H groups in total. The Bertz CT molecular complexity index is 1370. The number of carbonyl (C=O) groups is 1. The molecule has 0 aliphatic carbocycles. The summed E-state index contributed by atoms with van der Waals surface area (Å²) in [5.74, 6) is 1.47. The number of hydrogen-bond donors (Lipinski definition) is 3. The molecule has 4 aromatic rings. The van der Waals surface area contributed by atoms with Crippen molar-refractivity contribution in [2.75, 3.05) is 25.6 Å². The molecule has 0 spiro atoms. The van der Waals surface area contributed by atoms with Gasteiger partial charge in [-0.1, -0.05) is 29.8 Å². The maximum absolute atomic E-state index is 13.6. The van der Waals surface area contributed by atoms with Gasteiger partial charge in [0.05, 0.1) is 54.3 Å². The molecule has 36 heavy (non-hydrogen) atoms. The third-order valence-corrected chi connectivity index (χ3v) is 6.53. The molecule has 0 radical (unpaired) electrons. The van der Waals surface area contributed by atoms with E-state index in [4.69, 9.17) is 25.8 Å². The van der Waals surface area contributed by atoms with Gasteiger partial charge in [-0.25, -0.2) is 4.98 Å². The van der Waals surface area contributed by atoms with Crippen LogP contribution in [0, 0.1) is 0 Å². The third kappa shape index (κ3) is 4.88. The van der Waals surface area contributed by atoms with Gasteiger partial charge in [0.2, 0.25) is 0 Å². The van der Waals surface area contributed by atoms with Gasteiger partial charge in [0.1, 0.15) is 17.1 Å². The van der Waals surface area contributed by atoms with Gasteiger partial charge in [-0.3, -0.25) is 4.79 Å². The van der Waals surface area contributed by atoms with E-state index >= 15 is 0 Å². The van der Waals surface area contributed by atoms with Crippen LogP contribution in [0.4, 0.5) is 5.69 Å². The number of benzene rings is 2. The second kappa shape index (κ2) is 10.6. The number of ketones is 1. The Morgan fingerprint density at radius 1 is 1.19 bits per heavy atom. The molecule has 2 atom stereocenters. The van der Waals surface area contributed by atoms with Crippen LogP contribution in [-0.2, 0) is 4.74 Å². The van der Waals surface area contributed by atoms with Crippen molar-refractivity contribution in [2.45, 2.75) is 25.0 Å². The number of carbonyl (C=O) groups excluding carboxylic acids is 1. The fourth-order valence-electron chi connectivity index (χ4n) is 4.34. The van der Waals surface area contributed by atoms with Crippen molar-refractivity contribution in [1.29, 1.82) is 0 Å². The Morgan fingerprint density at radius 2 is 2.03 bits per heavy atom. The van der Waals surface area contributed by atoms with Gasteiger partial charge in [0.15, 0.2) is 11.5 Å². The number of pyridine rings is 1. The Labute approximate surface area is 213 Å².